The largest absolute Gasteiger partial charge is 0.389 e. The lowest BCUT2D eigenvalue weighted by Gasteiger charge is -2.07. The van der Waals surface area contributed by atoms with E-state index in [0.717, 1.165) is 6.07 Å². The monoisotopic (exact) mass is 293 g/mol. The highest BCUT2D eigenvalue weighted by atomic mass is 32.1. The van der Waals surface area contributed by atoms with Gasteiger partial charge in [0.2, 0.25) is 0 Å². The number of benzene rings is 1. The summed E-state index contributed by atoms with van der Waals surface area (Å²) >= 11 is 4.88. The molecule has 6 heteroatoms. The maximum atomic E-state index is 13.0. The number of halogens is 2. The molecule has 0 saturated heterocycles. The summed E-state index contributed by atoms with van der Waals surface area (Å²) < 4.78 is 26.0. The number of pyridine rings is 1. The Morgan fingerprint density at radius 1 is 1.20 bits per heavy atom. The van der Waals surface area contributed by atoms with Gasteiger partial charge in [-0.1, -0.05) is 12.2 Å². The highest BCUT2D eigenvalue weighted by Gasteiger charge is 2.02. The predicted octanol–water partition coefficient (Wildman–Crippen LogP) is 2.65. The van der Waals surface area contributed by atoms with Crippen LogP contribution in [0.1, 0.15) is 11.1 Å². The van der Waals surface area contributed by atoms with Crippen molar-refractivity contribution >= 4 is 23.0 Å². The molecular weight excluding hydrogens is 280 g/mol. The van der Waals surface area contributed by atoms with E-state index in [9.17, 15) is 8.78 Å². The van der Waals surface area contributed by atoms with Crippen molar-refractivity contribution in [2.24, 2.45) is 5.73 Å². The van der Waals surface area contributed by atoms with Gasteiger partial charge in [0.1, 0.15) is 22.4 Å². The second-order valence-corrected chi connectivity index (χ2v) is 4.69. The van der Waals surface area contributed by atoms with Crippen LogP contribution in [0.2, 0.25) is 0 Å². The average molecular weight is 293 g/mol. The van der Waals surface area contributed by atoms with E-state index in [-0.39, 0.29) is 0 Å². The molecule has 0 aliphatic rings. The van der Waals surface area contributed by atoms with Gasteiger partial charge >= 0.3 is 0 Å². The van der Waals surface area contributed by atoms with E-state index in [2.05, 4.69) is 10.3 Å². The van der Waals surface area contributed by atoms with Gasteiger partial charge in [-0.2, -0.15) is 0 Å². The first-order valence-electron chi connectivity index (χ1n) is 5.99. The van der Waals surface area contributed by atoms with Crippen molar-refractivity contribution in [1.29, 1.82) is 0 Å². The van der Waals surface area contributed by atoms with Gasteiger partial charge in [-0.3, -0.25) is 0 Å². The first kappa shape index (κ1) is 14.3. The molecule has 1 aromatic heterocycles. The second-order valence-electron chi connectivity index (χ2n) is 4.25. The summed E-state index contributed by atoms with van der Waals surface area (Å²) in [5.74, 6) is -0.533. The molecule has 1 heterocycles. The van der Waals surface area contributed by atoms with E-state index in [1.807, 2.05) is 0 Å². The smallest absolute Gasteiger partial charge is 0.126 e. The first-order valence-corrected chi connectivity index (χ1v) is 6.40. The normalized spacial score (nSPS) is 10.3. The quantitative estimate of drug-likeness (QED) is 0.832. The van der Waals surface area contributed by atoms with Crippen LogP contribution >= 0.6 is 12.2 Å². The second kappa shape index (κ2) is 6.38. The Kier molecular flexibility index (Phi) is 4.57. The number of hydrogen-bond acceptors (Lipinski definition) is 3. The van der Waals surface area contributed by atoms with Crippen molar-refractivity contribution in [2.75, 3.05) is 11.9 Å². The average Bonchev–Trinajstić information content (AvgIpc) is 2.38. The Labute approximate surface area is 120 Å². The molecule has 1 aromatic carbocycles. The molecule has 0 aliphatic heterocycles. The van der Waals surface area contributed by atoms with Crippen molar-refractivity contribution in [3.63, 3.8) is 0 Å². The van der Waals surface area contributed by atoms with Gasteiger partial charge in [-0.05, 0) is 36.2 Å². The maximum Gasteiger partial charge on any atom is 0.126 e. The van der Waals surface area contributed by atoms with Gasteiger partial charge in [0, 0.05) is 24.4 Å². The van der Waals surface area contributed by atoms with Crippen LogP contribution < -0.4 is 11.1 Å². The van der Waals surface area contributed by atoms with E-state index >= 15 is 0 Å². The van der Waals surface area contributed by atoms with Crippen LogP contribution in [0.4, 0.5) is 14.6 Å². The molecule has 0 aliphatic carbocycles. The van der Waals surface area contributed by atoms with Crippen LogP contribution in [0.15, 0.2) is 36.5 Å². The van der Waals surface area contributed by atoms with E-state index in [4.69, 9.17) is 18.0 Å². The third-order valence-electron chi connectivity index (χ3n) is 2.69. The molecule has 0 amide bonds. The standard InChI is InChI=1S/C14H13F2N3S/c15-11-5-9(6-12(16)8-11)1-3-18-13-7-10(14(17)20)2-4-19-13/h2,4-8H,1,3H2,(H2,17,20)(H,18,19). The van der Waals surface area contributed by atoms with Crippen molar-refractivity contribution in [3.05, 3.63) is 59.3 Å². The Balaban J connectivity index is 1.95. The lowest BCUT2D eigenvalue weighted by Crippen LogP contribution is -2.11. The lowest BCUT2D eigenvalue weighted by atomic mass is 10.1. The molecule has 2 aromatic rings. The molecule has 2 rings (SSSR count). The molecule has 3 nitrogen and oxygen atoms in total. The Hall–Kier alpha value is -2.08. The number of hydrogen-bond donors (Lipinski definition) is 2. The zero-order valence-corrected chi connectivity index (χ0v) is 11.4. The minimum atomic E-state index is -0.575. The zero-order chi connectivity index (χ0) is 14.5. The number of nitrogens with two attached hydrogens (primary N) is 1. The van der Waals surface area contributed by atoms with Crippen LogP contribution in [0, 0.1) is 11.6 Å². The lowest BCUT2D eigenvalue weighted by molar-refractivity contribution is 0.580. The molecular formula is C14H13F2N3S. The minimum Gasteiger partial charge on any atom is -0.389 e. The van der Waals surface area contributed by atoms with Crippen molar-refractivity contribution in [2.45, 2.75) is 6.42 Å². The summed E-state index contributed by atoms with van der Waals surface area (Å²) in [6.45, 7) is 0.497. The number of nitrogens with zero attached hydrogens (tertiary/aromatic N) is 1. The fourth-order valence-electron chi connectivity index (χ4n) is 1.77. The van der Waals surface area contributed by atoms with E-state index in [1.165, 1.54) is 12.1 Å². The summed E-state index contributed by atoms with van der Waals surface area (Å²) in [5.41, 5.74) is 6.83. The van der Waals surface area contributed by atoms with Crippen LogP contribution in [0.25, 0.3) is 0 Å². The Morgan fingerprint density at radius 2 is 1.90 bits per heavy atom. The summed E-state index contributed by atoms with van der Waals surface area (Å²) in [6, 6.07) is 6.92. The topological polar surface area (TPSA) is 50.9 Å². The number of rotatable bonds is 5. The minimum absolute atomic E-state index is 0.294. The number of aromatic nitrogens is 1. The molecule has 3 N–H and O–H groups in total. The molecule has 20 heavy (non-hydrogen) atoms. The zero-order valence-electron chi connectivity index (χ0n) is 10.6. The van der Waals surface area contributed by atoms with Crippen molar-refractivity contribution in [3.8, 4) is 0 Å². The summed E-state index contributed by atoms with van der Waals surface area (Å²) in [5, 5.41) is 3.06. The van der Waals surface area contributed by atoms with Gasteiger partial charge in [-0.15, -0.1) is 0 Å². The molecule has 104 valence electrons. The third-order valence-corrected chi connectivity index (χ3v) is 2.92. The summed E-state index contributed by atoms with van der Waals surface area (Å²) in [6.07, 6.45) is 2.08. The van der Waals surface area contributed by atoms with E-state index in [0.29, 0.717) is 34.9 Å². The number of anilines is 1. The molecule has 0 atom stereocenters. The molecule has 0 spiro atoms. The molecule has 0 bridgehead atoms. The predicted molar refractivity (Wildman–Crippen MR) is 78.7 cm³/mol. The Bertz CT molecular complexity index is 611. The van der Waals surface area contributed by atoms with Crippen LogP contribution in [-0.4, -0.2) is 16.5 Å². The van der Waals surface area contributed by atoms with Gasteiger partial charge < -0.3 is 11.1 Å². The van der Waals surface area contributed by atoms with Gasteiger partial charge in [0.05, 0.1) is 0 Å². The highest BCUT2D eigenvalue weighted by molar-refractivity contribution is 7.80. The van der Waals surface area contributed by atoms with Crippen LogP contribution in [0.3, 0.4) is 0 Å². The van der Waals surface area contributed by atoms with Crippen LogP contribution in [-0.2, 0) is 6.42 Å². The highest BCUT2D eigenvalue weighted by Crippen LogP contribution is 2.10. The van der Waals surface area contributed by atoms with Crippen LogP contribution in [0.5, 0.6) is 0 Å². The number of thiocarbonyl (C=S) groups is 1. The third kappa shape index (κ3) is 3.96. The van der Waals surface area contributed by atoms with Crippen molar-refractivity contribution < 1.29 is 8.78 Å². The molecule has 0 saturated carbocycles. The van der Waals surface area contributed by atoms with Gasteiger partial charge in [-0.25, -0.2) is 13.8 Å². The van der Waals surface area contributed by atoms with E-state index in [1.54, 1.807) is 18.3 Å². The SMILES string of the molecule is NC(=S)c1ccnc(NCCc2cc(F)cc(F)c2)c1. The maximum absolute atomic E-state index is 13.0. The summed E-state index contributed by atoms with van der Waals surface area (Å²) in [4.78, 5) is 4.41. The fraction of sp³-hybridized carbons (Fsp3) is 0.143. The number of nitrogens with one attached hydrogen (secondary N) is 1. The molecule has 0 fully saturated rings. The fourth-order valence-corrected chi connectivity index (χ4v) is 1.90. The summed E-state index contributed by atoms with van der Waals surface area (Å²) in [7, 11) is 0. The van der Waals surface area contributed by atoms with Crippen molar-refractivity contribution in [1.82, 2.24) is 4.98 Å². The van der Waals surface area contributed by atoms with E-state index < -0.39 is 11.6 Å². The van der Waals surface area contributed by atoms with Gasteiger partial charge in [0.25, 0.3) is 0 Å². The molecule has 0 radical (unpaired) electrons. The molecule has 0 unspecified atom stereocenters. The first-order chi connectivity index (χ1) is 9.54. The Morgan fingerprint density at radius 3 is 2.55 bits per heavy atom. The van der Waals surface area contributed by atoms with Gasteiger partial charge in [0.15, 0.2) is 0 Å².